The lowest BCUT2D eigenvalue weighted by Gasteiger charge is -2.12. The van der Waals surface area contributed by atoms with Crippen molar-refractivity contribution in [3.05, 3.63) is 59.1 Å². The Morgan fingerprint density at radius 2 is 2.00 bits per heavy atom. The summed E-state index contributed by atoms with van der Waals surface area (Å²) in [7, 11) is -3.04. The van der Waals surface area contributed by atoms with Crippen molar-refractivity contribution in [3.8, 4) is 17.1 Å². The van der Waals surface area contributed by atoms with E-state index < -0.39 is 9.84 Å². The lowest BCUT2D eigenvalue weighted by atomic mass is 10.2. The molecule has 10 heteroatoms. The molecule has 2 aromatic carbocycles. The maximum Gasteiger partial charge on any atom is 0.230 e. The summed E-state index contributed by atoms with van der Waals surface area (Å²) in [5.41, 5.74) is 2.83. The molecular formula is C21H21ClN4O3S2. The van der Waals surface area contributed by atoms with Gasteiger partial charge in [0.05, 0.1) is 17.3 Å². The second-order valence-corrected chi connectivity index (χ2v) is 11.1. The van der Waals surface area contributed by atoms with Crippen LogP contribution in [-0.4, -0.2) is 52.4 Å². The Kier molecular flexibility index (Phi) is 6.36. The van der Waals surface area contributed by atoms with Crippen LogP contribution >= 0.6 is 23.4 Å². The molecule has 1 amide bonds. The van der Waals surface area contributed by atoms with E-state index in [4.69, 9.17) is 11.6 Å². The van der Waals surface area contributed by atoms with Gasteiger partial charge >= 0.3 is 0 Å². The van der Waals surface area contributed by atoms with Crippen LogP contribution in [0.15, 0.2) is 53.7 Å². The van der Waals surface area contributed by atoms with Crippen molar-refractivity contribution < 1.29 is 13.2 Å². The maximum absolute atomic E-state index is 12.4. The van der Waals surface area contributed by atoms with Crippen molar-refractivity contribution in [3.63, 3.8) is 0 Å². The first-order valence-electron chi connectivity index (χ1n) is 9.72. The molecule has 1 aliphatic rings. The Morgan fingerprint density at radius 1 is 1.23 bits per heavy atom. The number of hydrogen-bond acceptors (Lipinski definition) is 6. The van der Waals surface area contributed by atoms with E-state index in [9.17, 15) is 13.2 Å². The van der Waals surface area contributed by atoms with Gasteiger partial charge in [0.25, 0.3) is 0 Å². The summed E-state index contributed by atoms with van der Waals surface area (Å²) >= 11 is 7.28. The van der Waals surface area contributed by atoms with E-state index in [1.165, 1.54) is 11.8 Å². The first-order chi connectivity index (χ1) is 14.8. The van der Waals surface area contributed by atoms with E-state index in [2.05, 4.69) is 15.5 Å². The molecule has 1 saturated heterocycles. The zero-order chi connectivity index (χ0) is 22.0. The summed E-state index contributed by atoms with van der Waals surface area (Å²) in [6, 6.07) is 15.0. The molecule has 0 spiro atoms. The van der Waals surface area contributed by atoms with Crippen LogP contribution in [-0.2, 0) is 14.6 Å². The van der Waals surface area contributed by atoms with E-state index in [0.29, 0.717) is 22.4 Å². The first kappa shape index (κ1) is 21.9. The van der Waals surface area contributed by atoms with E-state index in [1.54, 1.807) is 12.1 Å². The molecule has 2 heterocycles. The Morgan fingerprint density at radius 3 is 2.68 bits per heavy atom. The summed E-state index contributed by atoms with van der Waals surface area (Å²) in [6.45, 7) is 2.01. The second-order valence-electron chi connectivity index (χ2n) is 7.44. The number of carbonyl (C=O) groups is 1. The van der Waals surface area contributed by atoms with Crippen LogP contribution in [0.25, 0.3) is 17.1 Å². The average molecular weight is 477 g/mol. The van der Waals surface area contributed by atoms with Crippen molar-refractivity contribution in [2.24, 2.45) is 0 Å². The average Bonchev–Trinajstić information content (AvgIpc) is 3.29. The number of aromatic nitrogens is 3. The molecule has 0 radical (unpaired) electrons. The highest BCUT2D eigenvalue weighted by Crippen LogP contribution is 2.29. The first-order valence-corrected chi connectivity index (χ1v) is 12.9. The number of benzene rings is 2. The molecule has 3 aromatic rings. The van der Waals surface area contributed by atoms with Crippen LogP contribution in [0.4, 0.5) is 0 Å². The highest BCUT2D eigenvalue weighted by Gasteiger charge is 2.29. The molecular weight excluding hydrogens is 456 g/mol. The molecule has 1 atom stereocenters. The minimum absolute atomic E-state index is 0.00357. The zero-order valence-electron chi connectivity index (χ0n) is 16.8. The van der Waals surface area contributed by atoms with Gasteiger partial charge in [0.15, 0.2) is 20.8 Å². The predicted octanol–water partition coefficient (Wildman–Crippen LogP) is 3.29. The van der Waals surface area contributed by atoms with Gasteiger partial charge < -0.3 is 5.32 Å². The maximum atomic E-state index is 12.4. The summed E-state index contributed by atoms with van der Waals surface area (Å²) in [4.78, 5) is 12.4. The molecule has 0 saturated carbocycles. The normalized spacial score (nSPS) is 17.5. The Hall–Kier alpha value is -2.36. The Balaban J connectivity index is 1.57. The summed E-state index contributed by atoms with van der Waals surface area (Å²) in [6.07, 6.45) is 0.457. The van der Waals surface area contributed by atoms with Crippen molar-refractivity contribution in [1.29, 1.82) is 0 Å². The molecule has 7 nitrogen and oxygen atoms in total. The number of sulfone groups is 1. The van der Waals surface area contributed by atoms with Gasteiger partial charge in [-0.3, -0.25) is 9.36 Å². The predicted molar refractivity (Wildman–Crippen MR) is 122 cm³/mol. The zero-order valence-corrected chi connectivity index (χ0v) is 19.2. The summed E-state index contributed by atoms with van der Waals surface area (Å²) in [5, 5.41) is 12.7. The van der Waals surface area contributed by atoms with E-state index in [0.717, 1.165) is 16.8 Å². The standard InChI is InChI=1S/C21H21ClN4O3S2/c1-14-3-2-4-18(11-14)26-20(15-5-7-16(22)8-6-15)24-25-21(26)30-12-19(27)23-17-9-10-31(28,29)13-17/h2-8,11,17H,9-10,12-13H2,1H3,(H,23,27). The fourth-order valence-electron chi connectivity index (χ4n) is 3.46. The second kappa shape index (κ2) is 9.02. The monoisotopic (exact) mass is 476 g/mol. The molecule has 4 rings (SSSR count). The topological polar surface area (TPSA) is 94.0 Å². The molecule has 162 valence electrons. The van der Waals surface area contributed by atoms with Crippen molar-refractivity contribution >= 4 is 39.1 Å². The van der Waals surface area contributed by atoms with Gasteiger partial charge in [-0.15, -0.1) is 10.2 Å². The lowest BCUT2D eigenvalue weighted by molar-refractivity contribution is -0.119. The minimum Gasteiger partial charge on any atom is -0.352 e. The van der Waals surface area contributed by atoms with Gasteiger partial charge in [0.1, 0.15) is 0 Å². The fraction of sp³-hybridized carbons (Fsp3) is 0.286. The molecule has 1 fully saturated rings. The van der Waals surface area contributed by atoms with E-state index >= 15 is 0 Å². The largest absolute Gasteiger partial charge is 0.352 e. The number of amides is 1. The number of thioether (sulfide) groups is 1. The number of halogens is 1. The third-order valence-electron chi connectivity index (χ3n) is 4.93. The molecule has 1 aliphatic heterocycles. The van der Waals surface area contributed by atoms with Crippen LogP contribution in [0.1, 0.15) is 12.0 Å². The van der Waals surface area contributed by atoms with Crippen LogP contribution in [0.3, 0.4) is 0 Å². The van der Waals surface area contributed by atoms with Gasteiger partial charge in [0.2, 0.25) is 5.91 Å². The third-order valence-corrected chi connectivity index (χ3v) is 7.87. The molecule has 1 aromatic heterocycles. The van der Waals surface area contributed by atoms with E-state index in [-0.39, 0.29) is 29.2 Å². The molecule has 1 N–H and O–H groups in total. The van der Waals surface area contributed by atoms with Gasteiger partial charge in [-0.2, -0.15) is 0 Å². The highest BCUT2D eigenvalue weighted by atomic mass is 35.5. The van der Waals surface area contributed by atoms with Gasteiger partial charge in [-0.1, -0.05) is 35.5 Å². The van der Waals surface area contributed by atoms with E-state index in [1.807, 2.05) is 47.9 Å². The Labute approximate surface area is 190 Å². The number of hydrogen-bond donors (Lipinski definition) is 1. The summed E-state index contributed by atoms with van der Waals surface area (Å²) in [5.74, 6) is 0.660. The van der Waals surface area contributed by atoms with Gasteiger partial charge in [-0.05, 0) is 55.3 Å². The quantitative estimate of drug-likeness (QED) is 0.548. The fourth-order valence-corrected chi connectivity index (χ4v) is 6.02. The molecule has 31 heavy (non-hydrogen) atoms. The van der Waals surface area contributed by atoms with Crippen molar-refractivity contribution in [2.75, 3.05) is 17.3 Å². The molecule has 1 unspecified atom stereocenters. The van der Waals surface area contributed by atoms with Crippen molar-refractivity contribution in [1.82, 2.24) is 20.1 Å². The summed E-state index contributed by atoms with van der Waals surface area (Å²) < 4.78 is 25.1. The number of carbonyl (C=O) groups excluding carboxylic acids is 1. The van der Waals surface area contributed by atoms with Crippen LogP contribution in [0.5, 0.6) is 0 Å². The van der Waals surface area contributed by atoms with Crippen LogP contribution in [0.2, 0.25) is 5.02 Å². The molecule has 0 aliphatic carbocycles. The number of nitrogens with zero attached hydrogens (tertiary/aromatic N) is 3. The van der Waals surface area contributed by atoms with Crippen LogP contribution in [0, 0.1) is 6.92 Å². The lowest BCUT2D eigenvalue weighted by Crippen LogP contribution is -2.36. The molecule has 0 bridgehead atoms. The smallest absolute Gasteiger partial charge is 0.230 e. The number of nitrogens with one attached hydrogen (secondary N) is 1. The Bertz CT molecular complexity index is 1210. The number of aryl methyl sites for hydroxylation is 1. The minimum atomic E-state index is -3.04. The SMILES string of the molecule is Cc1cccc(-n2c(SCC(=O)NC3CCS(=O)(=O)C3)nnc2-c2ccc(Cl)cc2)c1. The van der Waals surface area contributed by atoms with Gasteiger partial charge in [-0.25, -0.2) is 8.42 Å². The number of rotatable bonds is 6. The third kappa shape index (κ3) is 5.28. The van der Waals surface area contributed by atoms with Crippen LogP contribution < -0.4 is 5.32 Å². The van der Waals surface area contributed by atoms with Gasteiger partial charge in [0, 0.05) is 22.3 Å². The van der Waals surface area contributed by atoms with Crippen molar-refractivity contribution in [2.45, 2.75) is 24.5 Å². The highest BCUT2D eigenvalue weighted by molar-refractivity contribution is 7.99.